The molecule has 0 amide bonds. The molecular weight excluding hydrogens is 284 g/mol. The average molecular weight is 297 g/mol. The fourth-order valence-electron chi connectivity index (χ4n) is 1.53. The number of halogens is 2. The van der Waals surface area contributed by atoms with Gasteiger partial charge in [-0.05, 0) is 13.2 Å². The lowest BCUT2D eigenvalue weighted by molar-refractivity contribution is 0.445. The predicted octanol–water partition coefficient (Wildman–Crippen LogP) is 3.70. The zero-order chi connectivity index (χ0) is 14.5. The molecule has 1 heterocycles. The van der Waals surface area contributed by atoms with Crippen LogP contribution in [0.1, 0.15) is 6.92 Å². The van der Waals surface area contributed by atoms with Crippen LogP contribution in [-0.2, 0) is 0 Å². The minimum absolute atomic E-state index is 0.0516. The molecule has 0 atom stereocenters. The molecule has 0 aliphatic rings. The van der Waals surface area contributed by atoms with Gasteiger partial charge in [0.05, 0.1) is 0 Å². The van der Waals surface area contributed by atoms with Crippen molar-refractivity contribution in [3.8, 4) is 11.6 Å². The van der Waals surface area contributed by atoms with E-state index in [-0.39, 0.29) is 11.6 Å². The lowest BCUT2D eigenvalue weighted by Gasteiger charge is -2.09. The lowest BCUT2D eigenvalue weighted by atomic mass is 10.3. The van der Waals surface area contributed by atoms with Crippen LogP contribution in [0.15, 0.2) is 29.4 Å². The molecule has 0 saturated carbocycles. The van der Waals surface area contributed by atoms with Crippen molar-refractivity contribution < 1.29 is 13.5 Å². The Labute approximate surface area is 119 Å². The molecule has 4 nitrogen and oxygen atoms in total. The Balaban J connectivity index is 2.29. The molecule has 0 radical (unpaired) electrons. The first kappa shape index (κ1) is 14.5. The van der Waals surface area contributed by atoms with Gasteiger partial charge in [0, 0.05) is 30.8 Å². The van der Waals surface area contributed by atoms with Crippen LogP contribution in [0.4, 0.5) is 14.6 Å². The molecule has 20 heavy (non-hydrogen) atoms. The van der Waals surface area contributed by atoms with Gasteiger partial charge in [0.15, 0.2) is 5.16 Å². The summed E-state index contributed by atoms with van der Waals surface area (Å²) in [6.07, 6.45) is 1.83. The molecule has 0 spiro atoms. The van der Waals surface area contributed by atoms with Crippen LogP contribution in [0.3, 0.4) is 0 Å². The number of nitrogens with zero attached hydrogens (tertiary/aromatic N) is 2. The van der Waals surface area contributed by atoms with Crippen molar-refractivity contribution in [1.82, 2.24) is 9.97 Å². The second kappa shape index (κ2) is 6.51. The number of hydrogen-bond donors (Lipinski definition) is 1. The summed E-state index contributed by atoms with van der Waals surface area (Å²) in [6.45, 7) is 2.63. The van der Waals surface area contributed by atoms with E-state index in [1.54, 1.807) is 6.07 Å². The molecule has 0 bridgehead atoms. The monoisotopic (exact) mass is 297 g/mol. The highest BCUT2D eigenvalue weighted by Gasteiger charge is 2.08. The van der Waals surface area contributed by atoms with Gasteiger partial charge in [-0.3, -0.25) is 0 Å². The van der Waals surface area contributed by atoms with Crippen molar-refractivity contribution in [2.45, 2.75) is 12.1 Å². The molecule has 1 aromatic heterocycles. The number of rotatable bonds is 5. The van der Waals surface area contributed by atoms with Crippen molar-refractivity contribution in [1.29, 1.82) is 0 Å². The van der Waals surface area contributed by atoms with Gasteiger partial charge in [-0.25, -0.2) is 13.8 Å². The summed E-state index contributed by atoms with van der Waals surface area (Å²) < 4.78 is 31.6. The van der Waals surface area contributed by atoms with Gasteiger partial charge < -0.3 is 10.1 Å². The summed E-state index contributed by atoms with van der Waals surface area (Å²) >= 11 is 1.35. The quantitative estimate of drug-likeness (QED) is 0.673. The van der Waals surface area contributed by atoms with Gasteiger partial charge >= 0.3 is 0 Å². The van der Waals surface area contributed by atoms with E-state index in [9.17, 15) is 8.78 Å². The Kier molecular flexibility index (Phi) is 4.73. The third-order valence-corrected chi connectivity index (χ3v) is 2.83. The topological polar surface area (TPSA) is 47.0 Å². The van der Waals surface area contributed by atoms with Gasteiger partial charge in [0.1, 0.15) is 23.2 Å². The highest BCUT2D eigenvalue weighted by Crippen LogP contribution is 2.25. The van der Waals surface area contributed by atoms with Crippen LogP contribution < -0.4 is 10.1 Å². The standard InChI is InChI=1S/C13H13F2N3OS/c1-3-16-11-7-12(18-13(17-11)20-2)19-10-5-8(14)4-9(15)6-10/h4-7H,3H2,1-2H3,(H,16,17,18). The van der Waals surface area contributed by atoms with E-state index >= 15 is 0 Å². The first-order chi connectivity index (χ1) is 9.60. The van der Waals surface area contributed by atoms with E-state index in [2.05, 4.69) is 15.3 Å². The van der Waals surface area contributed by atoms with Crippen LogP contribution in [0, 0.1) is 11.6 Å². The summed E-state index contributed by atoms with van der Waals surface area (Å²) in [4.78, 5) is 8.36. The van der Waals surface area contributed by atoms with Crippen LogP contribution in [0.5, 0.6) is 11.6 Å². The van der Waals surface area contributed by atoms with E-state index in [1.165, 1.54) is 11.8 Å². The third kappa shape index (κ3) is 3.80. The molecule has 2 rings (SSSR count). The smallest absolute Gasteiger partial charge is 0.225 e. The molecule has 1 N–H and O–H groups in total. The van der Waals surface area contributed by atoms with Crippen LogP contribution >= 0.6 is 11.8 Å². The van der Waals surface area contributed by atoms with E-state index < -0.39 is 11.6 Å². The summed E-state index contributed by atoms with van der Waals surface area (Å²) in [6, 6.07) is 4.55. The van der Waals surface area contributed by atoms with Gasteiger partial charge in [0.25, 0.3) is 0 Å². The zero-order valence-corrected chi connectivity index (χ0v) is 11.8. The van der Waals surface area contributed by atoms with Crippen molar-refractivity contribution in [2.75, 3.05) is 18.1 Å². The number of anilines is 1. The summed E-state index contributed by atoms with van der Waals surface area (Å²) in [5, 5.41) is 3.55. The Morgan fingerprint density at radius 3 is 2.45 bits per heavy atom. The van der Waals surface area contributed by atoms with Crippen LogP contribution in [0.2, 0.25) is 0 Å². The number of thioether (sulfide) groups is 1. The average Bonchev–Trinajstić information content (AvgIpc) is 2.37. The number of hydrogen-bond acceptors (Lipinski definition) is 5. The lowest BCUT2D eigenvalue weighted by Crippen LogP contribution is -2.02. The molecule has 0 unspecified atom stereocenters. The fraction of sp³-hybridized carbons (Fsp3) is 0.231. The molecular formula is C13H13F2N3OS. The zero-order valence-electron chi connectivity index (χ0n) is 11.0. The maximum Gasteiger partial charge on any atom is 0.225 e. The Morgan fingerprint density at radius 2 is 1.85 bits per heavy atom. The Bertz CT molecular complexity index is 590. The normalized spacial score (nSPS) is 10.4. The summed E-state index contributed by atoms with van der Waals surface area (Å²) in [5.74, 6) is -0.531. The van der Waals surface area contributed by atoms with Crippen LogP contribution in [-0.4, -0.2) is 22.8 Å². The van der Waals surface area contributed by atoms with Gasteiger partial charge in [-0.2, -0.15) is 4.98 Å². The van der Waals surface area contributed by atoms with Gasteiger partial charge in [-0.1, -0.05) is 11.8 Å². The first-order valence-electron chi connectivity index (χ1n) is 5.91. The summed E-state index contributed by atoms with van der Waals surface area (Å²) in [7, 11) is 0. The van der Waals surface area contributed by atoms with Crippen LogP contribution in [0.25, 0.3) is 0 Å². The van der Waals surface area contributed by atoms with E-state index in [1.807, 2.05) is 13.2 Å². The van der Waals surface area contributed by atoms with E-state index in [4.69, 9.17) is 4.74 Å². The highest BCUT2D eigenvalue weighted by atomic mass is 32.2. The Morgan fingerprint density at radius 1 is 1.15 bits per heavy atom. The predicted molar refractivity (Wildman–Crippen MR) is 74.4 cm³/mol. The fourth-order valence-corrected chi connectivity index (χ4v) is 1.90. The largest absolute Gasteiger partial charge is 0.439 e. The second-order valence-electron chi connectivity index (χ2n) is 3.82. The highest BCUT2D eigenvalue weighted by molar-refractivity contribution is 7.98. The number of ether oxygens (including phenoxy) is 1. The minimum Gasteiger partial charge on any atom is -0.439 e. The minimum atomic E-state index is -0.703. The summed E-state index contributed by atoms with van der Waals surface area (Å²) in [5.41, 5.74) is 0. The third-order valence-electron chi connectivity index (χ3n) is 2.28. The molecule has 0 saturated heterocycles. The maximum atomic E-state index is 13.1. The number of aromatic nitrogens is 2. The molecule has 2 aromatic rings. The van der Waals surface area contributed by atoms with Crippen molar-refractivity contribution in [3.05, 3.63) is 35.9 Å². The van der Waals surface area contributed by atoms with E-state index in [0.717, 1.165) is 18.2 Å². The number of benzene rings is 1. The maximum absolute atomic E-state index is 13.1. The second-order valence-corrected chi connectivity index (χ2v) is 4.59. The van der Waals surface area contributed by atoms with Gasteiger partial charge in [0.2, 0.25) is 5.88 Å². The molecule has 106 valence electrons. The van der Waals surface area contributed by atoms with E-state index in [0.29, 0.717) is 17.5 Å². The molecule has 0 aliphatic heterocycles. The van der Waals surface area contributed by atoms with Crippen molar-refractivity contribution in [2.24, 2.45) is 0 Å². The SMILES string of the molecule is CCNc1cc(Oc2cc(F)cc(F)c2)nc(SC)n1. The first-order valence-corrected chi connectivity index (χ1v) is 7.14. The van der Waals surface area contributed by atoms with Crippen molar-refractivity contribution >= 4 is 17.6 Å². The van der Waals surface area contributed by atoms with Gasteiger partial charge in [-0.15, -0.1) is 0 Å². The number of nitrogens with one attached hydrogen (secondary N) is 1. The molecule has 7 heteroatoms. The molecule has 1 aromatic carbocycles. The van der Waals surface area contributed by atoms with Crippen molar-refractivity contribution in [3.63, 3.8) is 0 Å². The molecule has 0 fully saturated rings. The molecule has 0 aliphatic carbocycles. The Hall–Kier alpha value is -1.89.